The summed E-state index contributed by atoms with van der Waals surface area (Å²) in [5.74, 6) is -0.731. The number of ketones is 1. The summed E-state index contributed by atoms with van der Waals surface area (Å²) in [7, 11) is 0. The molecule has 1 aromatic carbocycles. The lowest BCUT2D eigenvalue weighted by Crippen LogP contribution is -2.00. The van der Waals surface area contributed by atoms with E-state index in [-0.39, 0.29) is 26.2 Å². The van der Waals surface area contributed by atoms with Crippen LogP contribution in [0.3, 0.4) is 0 Å². The van der Waals surface area contributed by atoms with Gasteiger partial charge in [0.15, 0.2) is 5.78 Å². The minimum atomic E-state index is -0.531. The van der Waals surface area contributed by atoms with E-state index < -0.39 is 5.82 Å². The molecule has 70 valence electrons. The fraction of sp³-hybridized carbons (Fsp3) is 0.125. The Bertz CT molecular complexity index is 331. The highest BCUT2D eigenvalue weighted by atomic mass is 79.9. The van der Waals surface area contributed by atoms with E-state index in [9.17, 15) is 9.18 Å². The van der Waals surface area contributed by atoms with E-state index in [4.69, 9.17) is 11.6 Å². The first kappa shape index (κ1) is 11.1. The lowest BCUT2D eigenvalue weighted by Gasteiger charge is -2.01. The summed E-state index contributed by atoms with van der Waals surface area (Å²) in [6.07, 6.45) is 0. The van der Waals surface area contributed by atoms with Crippen molar-refractivity contribution < 1.29 is 9.18 Å². The van der Waals surface area contributed by atoms with E-state index in [2.05, 4.69) is 31.9 Å². The van der Waals surface area contributed by atoms with E-state index in [1.165, 1.54) is 6.07 Å². The molecule has 0 unspecified atom stereocenters. The highest BCUT2D eigenvalue weighted by molar-refractivity contribution is 9.10. The molecule has 13 heavy (non-hydrogen) atoms. The largest absolute Gasteiger partial charge is 0.293 e. The Morgan fingerprint density at radius 1 is 1.54 bits per heavy atom. The zero-order valence-electron chi connectivity index (χ0n) is 6.28. The molecule has 0 fully saturated rings. The van der Waals surface area contributed by atoms with E-state index in [0.717, 1.165) is 6.07 Å². The standard InChI is InChI=1S/C8H4Br2ClFO/c9-3-7(13)4-1-5(11)8(10)6(12)2-4/h1-2H,3H2. The number of rotatable bonds is 2. The average Bonchev–Trinajstić information content (AvgIpc) is 2.12. The molecule has 5 heteroatoms. The molecule has 1 aromatic rings. The van der Waals surface area contributed by atoms with Crippen LogP contribution in [0.2, 0.25) is 5.02 Å². The van der Waals surface area contributed by atoms with Crippen LogP contribution in [-0.2, 0) is 0 Å². The minimum absolute atomic E-state index is 0.157. The summed E-state index contributed by atoms with van der Waals surface area (Å²) < 4.78 is 13.2. The van der Waals surface area contributed by atoms with E-state index >= 15 is 0 Å². The van der Waals surface area contributed by atoms with Crippen molar-refractivity contribution in [2.24, 2.45) is 0 Å². The van der Waals surface area contributed by atoms with E-state index in [1.54, 1.807) is 0 Å². The maximum absolute atomic E-state index is 13.0. The van der Waals surface area contributed by atoms with Gasteiger partial charge in [-0.2, -0.15) is 0 Å². The topological polar surface area (TPSA) is 17.1 Å². The summed E-state index contributed by atoms with van der Waals surface area (Å²) in [6.45, 7) is 0. The Morgan fingerprint density at radius 2 is 2.15 bits per heavy atom. The molecular weight excluding hydrogens is 326 g/mol. The number of benzene rings is 1. The van der Waals surface area contributed by atoms with Crippen LogP contribution >= 0.6 is 43.5 Å². The van der Waals surface area contributed by atoms with Gasteiger partial charge in [0.1, 0.15) is 5.82 Å². The van der Waals surface area contributed by atoms with Gasteiger partial charge in [0, 0.05) is 5.56 Å². The Morgan fingerprint density at radius 3 is 2.62 bits per heavy atom. The van der Waals surface area contributed by atoms with E-state index in [1.807, 2.05) is 0 Å². The summed E-state index contributed by atoms with van der Waals surface area (Å²) >= 11 is 11.6. The van der Waals surface area contributed by atoms with Crippen LogP contribution in [0.4, 0.5) is 4.39 Å². The molecule has 0 heterocycles. The predicted octanol–water partition coefficient (Wildman–Crippen LogP) is 3.82. The first-order chi connectivity index (χ1) is 6.06. The first-order valence-corrected chi connectivity index (χ1v) is 5.59. The molecule has 0 aliphatic heterocycles. The average molecular weight is 330 g/mol. The quantitative estimate of drug-likeness (QED) is 0.458. The highest BCUT2D eigenvalue weighted by Crippen LogP contribution is 2.27. The van der Waals surface area contributed by atoms with Crippen molar-refractivity contribution in [2.75, 3.05) is 5.33 Å². The van der Waals surface area contributed by atoms with Gasteiger partial charge in [0.2, 0.25) is 0 Å². The van der Waals surface area contributed by atoms with Gasteiger partial charge >= 0.3 is 0 Å². The number of halogens is 4. The SMILES string of the molecule is O=C(CBr)c1cc(F)c(Br)c(Cl)c1. The summed E-state index contributed by atoms with van der Waals surface area (Å²) in [5, 5.41) is 0.356. The third kappa shape index (κ3) is 2.51. The van der Waals surface area contributed by atoms with Crippen molar-refractivity contribution in [2.45, 2.75) is 0 Å². The molecule has 1 rings (SSSR count). The smallest absolute Gasteiger partial charge is 0.173 e. The van der Waals surface area contributed by atoms with Gasteiger partial charge in [-0.05, 0) is 28.1 Å². The lowest BCUT2D eigenvalue weighted by atomic mass is 10.1. The predicted molar refractivity (Wildman–Crippen MR) is 57.2 cm³/mol. The van der Waals surface area contributed by atoms with Crippen molar-refractivity contribution in [3.63, 3.8) is 0 Å². The molecule has 0 amide bonds. The maximum Gasteiger partial charge on any atom is 0.173 e. The zero-order valence-corrected chi connectivity index (χ0v) is 10.2. The van der Waals surface area contributed by atoms with Gasteiger partial charge in [-0.25, -0.2) is 4.39 Å². The Balaban J connectivity index is 3.20. The number of carbonyl (C=O) groups excluding carboxylic acids is 1. The third-order valence-electron chi connectivity index (χ3n) is 1.43. The summed E-state index contributed by atoms with van der Waals surface area (Å²) in [5.41, 5.74) is 0.266. The molecule has 0 N–H and O–H groups in total. The van der Waals surface area contributed by atoms with E-state index in [0.29, 0.717) is 0 Å². The Kier molecular flexibility index (Phi) is 3.88. The van der Waals surface area contributed by atoms with Crippen LogP contribution in [0, 0.1) is 5.82 Å². The Labute approximate surface area is 96.5 Å². The van der Waals surface area contributed by atoms with Crippen LogP contribution in [0.5, 0.6) is 0 Å². The molecule has 0 aliphatic rings. The molecule has 0 spiro atoms. The number of alkyl halides is 1. The number of Topliss-reactive ketones (excluding diaryl/α,β-unsaturated/α-hetero) is 1. The van der Waals surface area contributed by atoms with Crippen molar-refractivity contribution in [3.8, 4) is 0 Å². The maximum atomic E-state index is 13.0. The molecule has 0 bridgehead atoms. The number of hydrogen-bond donors (Lipinski definition) is 0. The van der Waals surface area contributed by atoms with Crippen LogP contribution < -0.4 is 0 Å². The summed E-state index contributed by atoms with van der Waals surface area (Å²) in [4.78, 5) is 11.1. The second-order valence-corrected chi connectivity index (χ2v) is 4.07. The second kappa shape index (κ2) is 4.53. The van der Waals surface area contributed by atoms with Crippen LogP contribution in [0.15, 0.2) is 16.6 Å². The number of carbonyl (C=O) groups is 1. The molecule has 1 nitrogen and oxygen atoms in total. The highest BCUT2D eigenvalue weighted by Gasteiger charge is 2.11. The molecule has 0 saturated carbocycles. The lowest BCUT2D eigenvalue weighted by molar-refractivity contribution is 0.102. The van der Waals surface area contributed by atoms with Crippen molar-refractivity contribution >= 4 is 49.2 Å². The molecule has 0 atom stereocenters. The van der Waals surface area contributed by atoms with Gasteiger partial charge in [0.05, 0.1) is 14.8 Å². The normalized spacial score (nSPS) is 10.2. The summed E-state index contributed by atoms with van der Waals surface area (Å²) in [6, 6.07) is 2.58. The van der Waals surface area contributed by atoms with Gasteiger partial charge in [-0.15, -0.1) is 0 Å². The molecule has 0 saturated heterocycles. The second-order valence-electron chi connectivity index (χ2n) is 2.31. The molecule has 0 aromatic heterocycles. The third-order valence-corrected chi connectivity index (χ3v) is 3.27. The van der Waals surface area contributed by atoms with Crippen molar-refractivity contribution in [1.82, 2.24) is 0 Å². The molecule has 0 aliphatic carbocycles. The number of hydrogen-bond acceptors (Lipinski definition) is 1. The fourth-order valence-corrected chi connectivity index (χ4v) is 1.55. The van der Waals surface area contributed by atoms with Crippen LogP contribution in [-0.4, -0.2) is 11.1 Å². The van der Waals surface area contributed by atoms with Gasteiger partial charge < -0.3 is 0 Å². The van der Waals surface area contributed by atoms with Crippen LogP contribution in [0.1, 0.15) is 10.4 Å². The molecule has 0 radical (unpaired) electrons. The van der Waals surface area contributed by atoms with Crippen LogP contribution in [0.25, 0.3) is 0 Å². The fourth-order valence-electron chi connectivity index (χ4n) is 0.794. The monoisotopic (exact) mass is 328 g/mol. The Hall–Kier alpha value is 0.0700. The molecular formula is C8H4Br2ClFO. The van der Waals surface area contributed by atoms with Gasteiger partial charge in [-0.1, -0.05) is 27.5 Å². The van der Waals surface area contributed by atoms with Gasteiger partial charge in [0.25, 0.3) is 0 Å². The van der Waals surface area contributed by atoms with Crippen molar-refractivity contribution in [1.29, 1.82) is 0 Å². The van der Waals surface area contributed by atoms with Crippen molar-refractivity contribution in [3.05, 3.63) is 33.0 Å². The minimum Gasteiger partial charge on any atom is -0.293 e. The zero-order chi connectivity index (χ0) is 10.0. The van der Waals surface area contributed by atoms with Gasteiger partial charge in [-0.3, -0.25) is 4.79 Å². The first-order valence-electron chi connectivity index (χ1n) is 3.30.